The van der Waals surface area contributed by atoms with Crippen molar-refractivity contribution in [2.45, 2.75) is 39.2 Å². The number of amides is 1. The van der Waals surface area contributed by atoms with Crippen LogP contribution in [-0.4, -0.2) is 40.8 Å². The van der Waals surface area contributed by atoms with E-state index in [0.29, 0.717) is 17.2 Å². The maximum absolute atomic E-state index is 12.9. The molecular weight excluding hydrogens is 404 g/mol. The van der Waals surface area contributed by atoms with Crippen molar-refractivity contribution >= 4 is 27.3 Å². The molecule has 1 amide bonds. The van der Waals surface area contributed by atoms with Crippen LogP contribution in [0, 0.1) is 0 Å². The van der Waals surface area contributed by atoms with E-state index in [9.17, 15) is 13.2 Å². The number of nitrogens with zero attached hydrogens (tertiary/aromatic N) is 1. The van der Waals surface area contributed by atoms with Crippen molar-refractivity contribution in [1.29, 1.82) is 0 Å². The van der Waals surface area contributed by atoms with E-state index in [-0.39, 0.29) is 5.69 Å². The summed E-state index contributed by atoms with van der Waals surface area (Å²) in [5.41, 5.74) is 2.04. The van der Waals surface area contributed by atoms with Crippen LogP contribution in [-0.2, 0) is 21.2 Å². The number of hydrogen-bond acceptors (Lipinski definition) is 5. The highest BCUT2D eigenvalue weighted by Gasteiger charge is 2.31. The van der Waals surface area contributed by atoms with Crippen molar-refractivity contribution in [2.75, 3.05) is 30.1 Å². The molecule has 8 heteroatoms. The standard InChI is InChI=1S/C22H30N2O5S/c1-6-7-8-17-9-11-18(12-10-17)23-22(25)16(2)24(30(5,26)27)20-15-19(28-3)13-14-21(20)29-4/h9-16H,6-8H2,1-5H3,(H,23,25)/t16-/m0/s1. The molecule has 0 aliphatic rings. The molecular formula is C22H30N2O5S. The summed E-state index contributed by atoms with van der Waals surface area (Å²) >= 11 is 0. The minimum absolute atomic E-state index is 0.233. The summed E-state index contributed by atoms with van der Waals surface area (Å²) in [7, 11) is -0.868. The van der Waals surface area contributed by atoms with E-state index < -0.39 is 22.0 Å². The van der Waals surface area contributed by atoms with Crippen LogP contribution < -0.4 is 19.1 Å². The van der Waals surface area contributed by atoms with Crippen LogP contribution in [0.3, 0.4) is 0 Å². The summed E-state index contributed by atoms with van der Waals surface area (Å²) < 4.78 is 36.8. The number of anilines is 2. The first-order valence-electron chi connectivity index (χ1n) is 9.82. The molecule has 2 aromatic rings. The van der Waals surface area contributed by atoms with Crippen LogP contribution in [0.4, 0.5) is 11.4 Å². The molecule has 2 aromatic carbocycles. The normalized spacial score (nSPS) is 12.2. The summed E-state index contributed by atoms with van der Waals surface area (Å²) in [6.45, 7) is 3.67. The molecule has 0 bridgehead atoms. The van der Waals surface area contributed by atoms with Gasteiger partial charge in [0.25, 0.3) is 0 Å². The van der Waals surface area contributed by atoms with E-state index in [2.05, 4.69) is 12.2 Å². The topological polar surface area (TPSA) is 84.9 Å². The maximum Gasteiger partial charge on any atom is 0.247 e. The smallest absolute Gasteiger partial charge is 0.247 e. The van der Waals surface area contributed by atoms with Gasteiger partial charge in [0.1, 0.15) is 17.5 Å². The third kappa shape index (κ3) is 5.89. The van der Waals surface area contributed by atoms with Gasteiger partial charge in [-0.05, 0) is 49.6 Å². The lowest BCUT2D eigenvalue weighted by Gasteiger charge is -2.29. The maximum atomic E-state index is 12.9. The van der Waals surface area contributed by atoms with Gasteiger partial charge in [0.05, 0.1) is 26.2 Å². The van der Waals surface area contributed by atoms with E-state index in [0.717, 1.165) is 29.8 Å². The minimum atomic E-state index is -3.79. The number of aryl methyl sites for hydroxylation is 1. The second-order valence-electron chi connectivity index (χ2n) is 7.06. The van der Waals surface area contributed by atoms with Gasteiger partial charge in [0, 0.05) is 11.8 Å². The van der Waals surface area contributed by atoms with Crippen molar-refractivity contribution in [1.82, 2.24) is 0 Å². The number of methoxy groups -OCH3 is 2. The number of sulfonamides is 1. The van der Waals surface area contributed by atoms with Crippen molar-refractivity contribution in [3.8, 4) is 11.5 Å². The highest BCUT2D eigenvalue weighted by atomic mass is 32.2. The van der Waals surface area contributed by atoms with Gasteiger partial charge in [0.15, 0.2) is 0 Å². The Morgan fingerprint density at radius 1 is 1.10 bits per heavy atom. The molecule has 0 radical (unpaired) electrons. The summed E-state index contributed by atoms with van der Waals surface area (Å²) in [6, 6.07) is 11.4. The number of benzene rings is 2. The molecule has 164 valence electrons. The minimum Gasteiger partial charge on any atom is -0.497 e. The second-order valence-corrected chi connectivity index (χ2v) is 8.92. The van der Waals surface area contributed by atoms with Crippen molar-refractivity contribution in [3.63, 3.8) is 0 Å². The Morgan fingerprint density at radius 3 is 2.30 bits per heavy atom. The molecule has 0 heterocycles. The predicted octanol–water partition coefficient (Wildman–Crippen LogP) is 3.84. The Morgan fingerprint density at radius 2 is 1.77 bits per heavy atom. The zero-order chi connectivity index (χ0) is 22.3. The molecule has 0 unspecified atom stereocenters. The summed E-state index contributed by atoms with van der Waals surface area (Å²) in [4.78, 5) is 12.9. The molecule has 0 spiro atoms. The fraction of sp³-hybridized carbons (Fsp3) is 0.409. The second kappa shape index (κ2) is 10.3. The van der Waals surface area contributed by atoms with Gasteiger partial charge in [-0.1, -0.05) is 25.5 Å². The lowest BCUT2D eigenvalue weighted by atomic mass is 10.1. The van der Waals surface area contributed by atoms with E-state index in [1.807, 2.05) is 24.3 Å². The van der Waals surface area contributed by atoms with Crippen LogP contribution in [0.2, 0.25) is 0 Å². The van der Waals surface area contributed by atoms with Crippen LogP contribution in [0.5, 0.6) is 11.5 Å². The number of ether oxygens (including phenoxy) is 2. The quantitative estimate of drug-likeness (QED) is 0.614. The number of unbranched alkanes of at least 4 members (excludes halogenated alkanes) is 1. The monoisotopic (exact) mass is 434 g/mol. The lowest BCUT2D eigenvalue weighted by molar-refractivity contribution is -0.116. The highest BCUT2D eigenvalue weighted by molar-refractivity contribution is 7.92. The first kappa shape index (κ1) is 23.5. The number of carbonyl (C=O) groups is 1. The molecule has 0 saturated heterocycles. The number of rotatable bonds is 10. The van der Waals surface area contributed by atoms with Crippen LogP contribution in [0.25, 0.3) is 0 Å². The van der Waals surface area contributed by atoms with Crippen molar-refractivity contribution in [2.24, 2.45) is 0 Å². The Labute approximate surface area is 179 Å². The van der Waals surface area contributed by atoms with E-state index >= 15 is 0 Å². The molecule has 7 nitrogen and oxygen atoms in total. The molecule has 0 saturated carbocycles. The summed E-state index contributed by atoms with van der Waals surface area (Å²) in [6.07, 6.45) is 4.26. The Bertz CT molecular complexity index is 958. The zero-order valence-corrected chi connectivity index (χ0v) is 19.0. The van der Waals surface area contributed by atoms with Crippen molar-refractivity contribution in [3.05, 3.63) is 48.0 Å². The number of nitrogens with one attached hydrogen (secondary N) is 1. The van der Waals surface area contributed by atoms with Gasteiger partial charge in [-0.2, -0.15) is 0 Å². The zero-order valence-electron chi connectivity index (χ0n) is 18.1. The number of carbonyl (C=O) groups excluding carboxylic acids is 1. The summed E-state index contributed by atoms with van der Waals surface area (Å²) in [5, 5.41) is 2.80. The molecule has 2 rings (SSSR count). The molecule has 0 aromatic heterocycles. The molecule has 1 atom stereocenters. The largest absolute Gasteiger partial charge is 0.497 e. The average molecular weight is 435 g/mol. The molecule has 0 fully saturated rings. The van der Waals surface area contributed by atoms with Gasteiger partial charge in [-0.25, -0.2) is 8.42 Å². The third-order valence-electron chi connectivity index (χ3n) is 4.75. The fourth-order valence-electron chi connectivity index (χ4n) is 3.13. The van der Waals surface area contributed by atoms with Crippen LogP contribution >= 0.6 is 0 Å². The molecule has 1 N–H and O–H groups in total. The van der Waals surface area contributed by atoms with Crippen LogP contribution in [0.15, 0.2) is 42.5 Å². The van der Waals surface area contributed by atoms with Gasteiger partial charge in [0.2, 0.25) is 15.9 Å². The van der Waals surface area contributed by atoms with E-state index in [1.165, 1.54) is 32.8 Å². The number of hydrogen-bond donors (Lipinski definition) is 1. The highest BCUT2D eigenvalue weighted by Crippen LogP contribution is 2.35. The van der Waals surface area contributed by atoms with Crippen molar-refractivity contribution < 1.29 is 22.7 Å². The SMILES string of the molecule is CCCCc1ccc(NC(=O)[C@H](C)N(c2cc(OC)ccc2OC)S(C)(=O)=O)cc1. The molecule has 0 aliphatic carbocycles. The molecule has 30 heavy (non-hydrogen) atoms. The van der Waals surface area contributed by atoms with Gasteiger partial charge < -0.3 is 14.8 Å². The summed E-state index contributed by atoms with van der Waals surface area (Å²) in [5.74, 6) is 0.322. The van der Waals surface area contributed by atoms with Gasteiger partial charge in [-0.3, -0.25) is 9.10 Å². The first-order valence-corrected chi connectivity index (χ1v) is 11.7. The van der Waals surface area contributed by atoms with Gasteiger partial charge in [-0.15, -0.1) is 0 Å². The third-order valence-corrected chi connectivity index (χ3v) is 5.98. The molecule has 0 aliphatic heterocycles. The predicted molar refractivity (Wildman–Crippen MR) is 120 cm³/mol. The average Bonchev–Trinajstić information content (AvgIpc) is 2.72. The lowest BCUT2D eigenvalue weighted by Crippen LogP contribution is -2.45. The van der Waals surface area contributed by atoms with Gasteiger partial charge >= 0.3 is 0 Å². The first-order chi connectivity index (χ1) is 14.2. The fourth-order valence-corrected chi connectivity index (χ4v) is 4.30. The Hall–Kier alpha value is -2.74. The van der Waals surface area contributed by atoms with E-state index in [4.69, 9.17) is 9.47 Å². The van der Waals surface area contributed by atoms with Crippen LogP contribution in [0.1, 0.15) is 32.3 Å². The Kier molecular flexibility index (Phi) is 8.11. The Balaban J connectivity index is 2.30. The van der Waals surface area contributed by atoms with E-state index in [1.54, 1.807) is 12.1 Å².